The summed E-state index contributed by atoms with van der Waals surface area (Å²) in [6.07, 6.45) is 0.615. The molecule has 0 saturated carbocycles. The molecule has 0 bridgehead atoms. The van der Waals surface area contributed by atoms with Gasteiger partial charge in [-0.1, -0.05) is 19.1 Å². The van der Waals surface area contributed by atoms with Gasteiger partial charge in [0.2, 0.25) is 11.8 Å². The molecule has 2 heterocycles. The topological polar surface area (TPSA) is 83.1 Å². The summed E-state index contributed by atoms with van der Waals surface area (Å²) < 4.78 is 2.87. The number of amides is 1. The molecule has 9 heteroatoms. The third-order valence-electron chi connectivity index (χ3n) is 5.80. The average Bonchev–Trinajstić information content (AvgIpc) is 3.22. The number of benzene rings is 1. The largest absolute Gasteiger partial charge is 0.494 e. The van der Waals surface area contributed by atoms with Crippen LogP contribution in [0.3, 0.4) is 0 Å². The van der Waals surface area contributed by atoms with Gasteiger partial charge in [-0.05, 0) is 43.8 Å². The fourth-order valence-corrected chi connectivity index (χ4v) is 4.06. The molecule has 1 aliphatic heterocycles. The van der Waals surface area contributed by atoms with Crippen LogP contribution in [0.2, 0.25) is 0 Å². The predicted molar refractivity (Wildman–Crippen MR) is 124 cm³/mol. The number of hydrazone groups is 1. The molecule has 31 heavy (non-hydrogen) atoms. The molecule has 0 fully saturated rings. The lowest BCUT2D eigenvalue weighted by Crippen LogP contribution is -2.28. The minimum absolute atomic E-state index is 0.0785. The monoisotopic (exact) mass is 443 g/mol. The second-order valence-electron chi connectivity index (χ2n) is 7.53. The van der Waals surface area contributed by atoms with E-state index in [1.54, 1.807) is 21.0 Å². The molecule has 0 radical (unpaired) electrons. The molecular formula is C22H29N5O3S. The lowest BCUT2D eigenvalue weighted by molar-refractivity contribution is -0.132. The summed E-state index contributed by atoms with van der Waals surface area (Å²) >= 11 is 5.20. The molecular weight excluding hydrogens is 414 g/mol. The normalized spacial score (nSPS) is 15.8. The van der Waals surface area contributed by atoms with Gasteiger partial charge in [0.15, 0.2) is 4.77 Å². The van der Waals surface area contributed by atoms with Gasteiger partial charge in [-0.3, -0.25) is 18.7 Å². The predicted octanol–water partition coefficient (Wildman–Crippen LogP) is 3.09. The summed E-state index contributed by atoms with van der Waals surface area (Å²) in [5.74, 6) is -0.387. The number of rotatable bonds is 6. The number of anilines is 1. The van der Waals surface area contributed by atoms with Crippen molar-refractivity contribution in [3.05, 3.63) is 50.5 Å². The van der Waals surface area contributed by atoms with Crippen molar-refractivity contribution in [2.24, 2.45) is 19.2 Å². The Morgan fingerprint density at radius 2 is 1.77 bits per heavy atom. The molecule has 166 valence electrons. The Morgan fingerprint density at radius 3 is 2.32 bits per heavy atom. The van der Waals surface area contributed by atoms with E-state index in [2.05, 4.69) is 23.8 Å². The Balaban J connectivity index is 2.04. The van der Waals surface area contributed by atoms with Crippen molar-refractivity contribution in [3.63, 3.8) is 0 Å². The number of carbonyl (C=O) groups excluding carboxylic acids is 1. The van der Waals surface area contributed by atoms with Crippen molar-refractivity contribution < 1.29 is 9.90 Å². The maximum absolute atomic E-state index is 12.9. The van der Waals surface area contributed by atoms with Crippen molar-refractivity contribution >= 4 is 29.5 Å². The van der Waals surface area contributed by atoms with Crippen molar-refractivity contribution in [1.29, 1.82) is 0 Å². The van der Waals surface area contributed by atoms with Crippen LogP contribution < -0.4 is 10.5 Å². The second kappa shape index (κ2) is 9.05. The van der Waals surface area contributed by atoms with E-state index in [-0.39, 0.29) is 34.6 Å². The SMILES string of the molecule is CCC(=O)N1N=C(c2c(O)n(C)c(=S)n(C)c2=O)C[C@@H]1c1ccc(N(CC)CC)cc1. The highest BCUT2D eigenvalue weighted by molar-refractivity contribution is 7.71. The van der Waals surface area contributed by atoms with E-state index in [9.17, 15) is 14.7 Å². The van der Waals surface area contributed by atoms with Crippen LogP contribution in [0.5, 0.6) is 5.88 Å². The Morgan fingerprint density at radius 1 is 1.16 bits per heavy atom. The van der Waals surface area contributed by atoms with E-state index in [0.29, 0.717) is 12.1 Å². The van der Waals surface area contributed by atoms with E-state index >= 15 is 0 Å². The molecule has 0 saturated heterocycles. The van der Waals surface area contributed by atoms with Gasteiger partial charge >= 0.3 is 0 Å². The summed E-state index contributed by atoms with van der Waals surface area (Å²) in [5.41, 5.74) is 2.07. The minimum atomic E-state index is -0.430. The number of carbonyl (C=O) groups is 1. The van der Waals surface area contributed by atoms with Gasteiger partial charge in [-0.25, -0.2) is 5.01 Å². The Kier molecular flexibility index (Phi) is 6.64. The van der Waals surface area contributed by atoms with Gasteiger partial charge in [0, 0.05) is 45.7 Å². The molecule has 1 aromatic heterocycles. The third-order valence-corrected chi connectivity index (χ3v) is 6.34. The zero-order valence-electron chi connectivity index (χ0n) is 18.6. The van der Waals surface area contributed by atoms with Gasteiger partial charge in [-0.15, -0.1) is 0 Å². The van der Waals surface area contributed by atoms with Crippen LogP contribution in [0.15, 0.2) is 34.2 Å². The lowest BCUT2D eigenvalue weighted by atomic mass is 9.98. The van der Waals surface area contributed by atoms with Gasteiger partial charge in [0.05, 0.1) is 11.8 Å². The van der Waals surface area contributed by atoms with Gasteiger partial charge < -0.3 is 10.0 Å². The third kappa shape index (κ3) is 4.01. The zero-order valence-corrected chi connectivity index (χ0v) is 19.4. The van der Waals surface area contributed by atoms with Crippen LogP contribution in [0.25, 0.3) is 0 Å². The highest BCUT2D eigenvalue weighted by Gasteiger charge is 2.35. The number of aromatic nitrogens is 2. The first-order chi connectivity index (χ1) is 14.7. The smallest absolute Gasteiger partial charge is 0.267 e. The molecule has 0 aliphatic carbocycles. The molecule has 2 aromatic rings. The first kappa shape index (κ1) is 22.7. The molecule has 1 N–H and O–H groups in total. The zero-order chi connectivity index (χ0) is 22.9. The molecule has 1 aromatic carbocycles. The van der Waals surface area contributed by atoms with E-state index in [1.165, 1.54) is 14.1 Å². The Hall–Kier alpha value is -2.94. The van der Waals surface area contributed by atoms with Crippen molar-refractivity contribution in [1.82, 2.24) is 14.1 Å². The van der Waals surface area contributed by atoms with Gasteiger partial charge in [-0.2, -0.15) is 5.10 Å². The van der Waals surface area contributed by atoms with Crippen molar-refractivity contribution in [3.8, 4) is 5.88 Å². The number of aromatic hydroxyl groups is 1. The molecule has 0 spiro atoms. The average molecular weight is 444 g/mol. The molecule has 1 aliphatic rings. The quantitative estimate of drug-likeness (QED) is 0.694. The fraction of sp³-hybridized carbons (Fsp3) is 0.455. The van der Waals surface area contributed by atoms with Gasteiger partial charge in [0.1, 0.15) is 5.56 Å². The van der Waals surface area contributed by atoms with Crippen LogP contribution in [0.4, 0.5) is 5.69 Å². The van der Waals surface area contributed by atoms with Crippen LogP contribution >= 0.6 is 12.2 Å². The highest BCUT2D eigenvalue weighted by Crippen LogP contribution is 2.35. The summed E-state index contributed by atoms with van der Waals surface area (Å²) in [6, 6.07) is 7.73. The van der Waals surface area contributed by atoms with Crippen LogP contribution in [0, 0.1) is 4.77 Å². The van der Waals surface area contributed by atoms with Gasteiger partial charge in [0.25, 0.3) is 5.56 Å². The van der Waals surface area contributed by atoms with E-state index < -0.39 is 5.56 Å². The maximum atomic E-state index is 12.9. The summed E-state index contributed by atoms with van der Waals surface area (Å²) in [5, 5.41) is 16.5. The van der Waals surface area contributed by atoms with Crippen molar-refractivity contribution in [2.45, 2.75) is 39.7 Å². The Bertz CT molecular complexity index is 1130. The first-order valence-electron chi connectivity index (χ1n) is 10.5. The molecule has 1 amide bonds. The number of nitrogens with zero attached hydrogens (tertiary/aromatic N) is 5. The first-order valence-corrected chi connectivity index (χ1v) is 10.9. The second-order valence-corrected chi connectivity index (χ2v) is 7.89. The van der Waals surface area contributed by atoms with Crippen LogP contribution in [-0.2, 0) is 18.9 Å². The van der Waals surface area contributed by atoms with Crippen LogP contribution in [0.1, 0.15) is 50.8 Å². The minimum Gasteiger partial charge on any atom is -0.494 e. The fourth-order valence-electron chi connectivity index (χ4n) is 3.89. The van der Waals surface area contributed by atoms with E-state index in [0.717, 1.165) is 24.3 Å². The van der Waals surface area contributed by atoms with Crippen LogP contribution in [-0.4, -0.2) is 44.0 Å². The van der Waals surface area contributed by atoms with Crippen molar-refractivity contribution in [2.75, 3.05) is 18.0 Å². The lowest BCUT2D eigenvalue weighted by Gasteiger charge is -2.24. The molecule has 8 nitrogen and oxygen atoms in total. The standard InChI is InChI=1S/C22H29N5O3S/c1-6-18(28)27-17(14-9-11-15(12-10-14)26(7-2)8-3)13-16(23-27)19-20(29)24(4)22(31)25(5)21(19)30/h9-12,17,29H,6-8,13H2,1-5H3/t17-/m1/s1. The summed E-state index contributed by atoms with van der Waals surface area (Å²) in [7, 11) is 3.15. The Labute approximate surface area is 187 Å². The summed E-state index contributed by atoms with van der Waals surface area (Å²) in [4.78, 5) is 27.7. The van der Waals surface area contributed by atoms with E-state index in [4.69, 9.17) is 12.2 Å². The number of hydrogen-bond donors (Lipinski definition) is 1. The molecule has 3 rings (SSSR count). The molecule has 0 unspecified atom stereocenters. The highest BCUT2D eigenvalue weighted by atomic mass is 32.1. The number of hydrogen-bond acceptors (Lipinski definition) is 6. The molecule has 1 atom stereocenters. The van der Waals surface area contributed by atoms with E-state index in [1.807, 2.05) is 24.3 Å². The maximum Gasteiger partial charge on any atom is 0.267 e. The summed E-state index contributed by atoms with van der Waals surface area (Å²) in [6.45, 7) is 7.81.